The molecule has 4 nitrogen and oxygen atoms in total. The van der Waals surface area contributed by atoms with Crippen molar-refractivity contribution in [1.82, 2.24) is 10.2 Å². The molecule has 2 aliphatic heterocycles. The molecule has 0 bridgehead atoms. The molecule has 2 N–H and O–H groups in total. The van der Waals surface area contributed by atoms with Crippen LogP contribution in [0.3, 0.4) is 0 Å². The lowest BCUT2D eigenvalue weighted by Crippen LogP contribution is -2.39. The number of likely N-dealkylation sites (tertiary alicyclic amines) is 1. The largest absolute Gasteiger partial charge is 0.326 e. The highest BCUT2D eigenvalue weighted by atomic mass is 16.1. The number of aryl methyl sites for hydroxylation is 1. The third kappa shape index (κ3) is 4.81. The lowest BCUT2D eigenvalue weighted by molar-refractivity contribution is -0.116. The summed E-state index contributed by atoms with van der Waals surface area (Å²) in [5.41, 5.74) is 4.96. The van der Waals surface area contributed by atoms with Crippen molar-refractivity contribution in [3.63, 3.8) is 0 Å². The molecule has 2 atom stereocenters. The van der Waals surface area contributed by atoms with Gasteiger partial charge in [0.25, 0.3) is 0 Å². The summed E-state index contributed by atoms with van der Waals surface area (Å²) >= 11 is 0. The Morgan fingerprint density at radius 1 is 1.18 bits per heavy atom. The van der Waals surface area contributed by atoms with Gasteiger partial charge in [-0.3, -0.25) is 9.69 Å². The molecule has 4 heteroatoms. The molecular formula is C24H31N3O. The van der Waals surface area contributed by atoms with Gasteiger partial charge in [0, 0.05) is 31.2 Å². The van der Waals surface area contributed by atoms with Crippen LogP contribution in [0.5, 0.6) is 0 Å². The van der Waals surface area contributed by atoms with Gasteiger partial charge in [0.15, 0.2) is 0 Å². The van der Waals surface area contributed by atoms with Crippen LogP contribution >= 0.6 is 0 Å². The maximum atomic E-state index is 11.5. The Balaban J connectivity index is 1.29. The standard InChI is InChI=1S/C24H31N3O/c1-18(21-9-11-23-22(14-21)10-12-24(28)26-23)25-15-20-8-5-13-27(17-20)16-19-6-3-2-4-7-19/h2-4,6-7,9,11,14,18,20,25H,5,8,10,12-13,15-17H2,1H3,(H,26,28). The predicted molar refractivity (Wildman–Crippen MR) is 114 cm³/mol. The average molecular weight is 378 g/mol. The van der Waals surface area contributed by atoms with Crippen LogP contribution in [-0.4, -0.2) is 30.4 Å². The lowest BCUT2D eigenvalue weighted by Gasteiger charge is -2.33. The predicted octanol–water partition coefficient (Wildman–Crippen LogP) is 4.13. The van der Waals surface area contributed by atoms with Gasteiger partial charge in [0.2, 0.25) is 5.91 Å². The minimum atomic E-state index is 0.128. The molecule has 1 saturated heterocycles. The summed E-state index contributed by atoms with van der Waals surface area (Å²) in [7, 11) is 0. The van der Waals surface area contributed by atoms with Crippen molar-refractivity contribution in [2.75, 3.05) is 25.0 Å². The average Bonchev–Trinajstić information content (AvgIpc) is 2.72. The molecule has 0 spiro atoms. The van der Waals surface area contributed by atoms with Crippen LogP contribution < -0.4 is 10.6 Å². The molecule has 2 heterocycles. The van der Waals surface area contributed by atoms with Crippen LogP contribution in [0.2, 0.25) is 0 Å². The van der Waals surface area contributed by atoms with E-state index < -0.39 is 0 Å². The van der Waals surface area contributed by atoms with Gasteiger partial charge in [0.1, 0.15) is 0 Å². The van der Waals surface area contributed by atoms with Crippen LogP contribution in [0.25, 0.3) is 0 Å². The molecule has 0 saturated carbocycles. The second-order valence-corrected chi connectivity index (χ2v) is 8.32. The minimum Gasteiger partial charge on any atom is -0.326 e. The second kappa shape index (κ2) is 8.89. The highest BCUT2D eigenvalue weighted by Gasteiger charge is 2.21. The van der Waals surface area contributed by atoms with Crippen LogP contribution in [0.1, 0.15) is 48.9 Å². The fourth-order valence-corrected chi connectivity index (χ4v) is 4.44. The van der Waals surface area contributed by atoms with Crippen LogP contribution in [-0.2, 0) is 17.8 Å². The zero-order chi connectivity index (χ0) is 19.3. The molecule has 2 aliphatic rings. The Morgan fingerprint density at radius 2 is 2.04 bits per heavy atom. The highest BCUT2D eigenvalue weighted by Crippen LogP contribution is 2.26. The molecule has 2 unspecified atom stereocenters. The molecule has 4 rings (SSSR count). The van der Waals surface area contributed by atoms with Gasteiger partial charge < -0.3 is 10.6 Å². The van der Waals surface area contributed by atoms with E-state index in [1.165, 1.54) is 42.6 Å². The van der Waals surface area contributed by atoms with Gasteiger partial charge in [0.05, 0.1) is 0 Å². The van der Waals surface area contributed by atoms with Crippen LogP contribution in [0.4, 0.5) is 5.69 Å². The zero-order valence-corrected chi connectivity index (χ0v) is 16.8. The number of hydrogen-bond acceptors (Lipinski definition) is 3. The molecular weight excluding hydrogens is 346 g/mol. The van der Waals surface area contributed by atoms with Gasteiger partial charge in [-0.15, -0.1) is 0 Å². The lowest BCUT2D eigenvalue weighted by atomic mass is 9.95. The zero-order valence-electron chi connectivity index (χ0n) is 16.8. The van der Waals surface area contributed by atoms with E-state index in [1.54, 1.807) is 0 Å². The van der Waals surface area contributed by atoms with E-state index >= 15 is 0 Å². The third-order valence-electron chi connectivity index (χ3n) is 6.09. The number of nitrogens with one attached hydrogen (secondary N) is 2. The Kier molecular flexibility index (Phi) is 6.08. The van der Waals surface area contributed by atoms with Gasteiger partial charge in [-0.2, -0.15) is 0 Å². The summed E-state index contributed by atoms with van der Waals surface area (Å²) < 4.78 is 0. The number of hydrogen-bond donors (Lipinski definition) is 2. The van der Waals surface area contributed by atoms with Gasteiger partial charge in [-0.1, -0.05) is 42.5 Å². The number of amides is 1. The third-order valence-corrected chi connectivity index (χ3v) is 6.09. The number of benzene rings is 2. The van der Waals surface area contributed by atoms with Crippen LogP contribution in [0.15, 0.2) is 48.5 Å². The smallest absolute Gasteiger partial charge is 0.224 e. The molecule has 0 aliphatic carbocycles. The maximum Gasteiger partial charge on any atom is 0.224 e. The van der Waals surface area contributed by atoms with Crippen molar-refractivity contribution in [3.8, 4) is 0 Å². The first kappa shape index (κ1) is 19.2. The fraction of sp³-hybridized carbons (Fsp3) is 0.458. The Hall–Kier alpha value is -2.17. The molecule has 0 aromatic heterocycles. The van der Waals surface area contributed by atoms with E-state index in [1.807, 2.05) is 0 Å². The summed E-state index contributed by atoms with van der Waals surface area (Å²) in [5, 5.41) is 6.72. The number of anilines is 1. The summed E-state index contributed by atoms with van der Waals surface area (Å²) in [5.74, 6) is 0.834. The summed E-state index contributed by atoms with van der Waals surface area (Å²) in [6.45, 7) is 6.74. The monoisotopic (exact) mass is 377 g/mol. The molecule has 1 amide bonds. The van der Waals surface area contributed by atoms with Crippen molar-refractivity contribution in [2.24, 2.45) is 5.92 Å². The van der Waals surface area contributed by atoms with Crippen molar-refractivity contribution in [3.05, 3.63) is 65.2 Å². The number of fused-ring (bicyclic) bond motifs is 1. The second-order valence-electron chi connectivity index (χ2n) is 8.32. The normalized spacial score (nSPS) is 21.0. The Labute approximate surface area is 168 Å². The Morgan fingerprint density at radius 3 is 2.89 bits per heavy atom. The highest BCUT2D eigenvalue weighted by molar-refractivity contribution is 5.93. The number of rotatable bonds is 6. The quantitative estimate of drug-likeness (QED) is 0.795. The summed E-state index contributed by atoms with van der Waals surface area (Å²) in [6, 6.07) is 17.6. The summed E-state index contributed by atoms with van der Waals surface area (Å²) in [4.78, 5) is 14.1. The number of carbonyl (C=O) groups is 1. The van der Waals surface area contributed by atoms with Crippen molar-refractivity contribution >= 4 is 11.6 Å². The first-order chi connectivity index (χ1) is 13.7. The van der Waals surface area contributed by atoms with Crippen molar-refractivity contribution in [2.45, 2.75) is 45.2 Å². The molecule has 1 fully saturated rings. The van der Waals surface area contributed by atoms with Crippen molar-refractivity contribution in [1.29, 1.82) is 0 Å². The van der Waals surface area contributed by atoms with E-state index in [2.05, 4.69) is 71.0 Å². The summed E-state index contributed by atoms with van der Waals surface area (Å²) in [6.07, 6.45) is 4.03. The van der Waals surface area contributed by atoms with E-state index in [9.17, 15) is 4.79 Å². The maximum absolute atomic E-state index is 11.5. The van der Waals surface area contributed by atoms with Gasteiger partial charge in [-0.25, -0.2) is 0 Å². The fourth-order valence-electron chi connectivity index (χ4n) is 4.44. The SMILES string of the molecule is CC(NCC1CCCN(Cc2ccccc2)C1)c1ccc2c(c1)CCC(=O)N2. The number of piperidine rings is 1. The van der Waals surface area contributed by atoms with E-state index in [-0.39, 0.29) is 5.91 Å². The molecule has 2 aromatic rings. The van der Waals surface area contributed by atoms with E-state index in [4.69, 9.17) is 0 Å². The van der Waals surface area contributed by atoms with E-state index in [0.29, 0.717) is 18.4 Å². The van der Waals surface area contributed by atoms with Gasteiger partial charge in [-0.05, 0) is 68.0 Å². The van der Waals surface area contributed by atoms with E-state index in [0.717, 1.165) is 25.2 Å². The Bertz CT molecular complexity index is 805. The van der Waals surface area contributed by atoms with Crippen molar-refractivity contribution < 1.29 is 4.79 Å². The molecule has 28 heavy (non-hydrogen) atoms. The van der Waals surface area contributed by atoms with Crippen LogP contribution in [0, 0.1) is 5.92 Å². The van der Waals surface area contributed by atoms with Gasteiger partial charge >= 0.3 is 0 Å². The molecule has 2 aromatic carbocycles. The topological polar surface area (TPSA) is 44.4 Å². The first-order valence-electron chi connectivity index (χ1n) is 10.6. The molecule has 148 valence electrons. The number of nitrogens with zero attached hydrogens (tertiary/aromatic N) is 1. The molecule has 0 radical (unpaired) electrons. The number of carbonyl (C=O) groups excluding carboxylic acids is 1. The minimum absolute atomic E-state index is 0.128. The first-order valence-corrected chi connectivity index (χ1v) is 10.6.